The highest BCUT2D eigenvalue weighted by molar-refractivity contribution is 5.85. The second-order valence-corrected chi connectivity index (χ2v) is 9.08. The lowest BCUT2D eigenvalue weighted by molar-refractivity contribution is -0.132. The van der Waals surface area contributed by atoms with E-state index in [1.54, 1.807) is 6.20 Å². The summed E-state index contributed by atoms with van der Waals surface area (Å²) in [6.07, 6.45) is 6.54. The molecule has 1 amide bonds. The molecule has 0 saturated carbocycles. The van der Waals surface area contributed by atoms with Crippen LogP contribution >= 0.6 is 24.8 Å². The van der Waals surface area contributed by atoms with Crippen molar-refractivity contribution >= 4 is 30.7 Å². The van der Waals surface area contributed by atoms with Gasteiger partial charge in [0.05, 0.1) is 0 Å². The number of carbonyl (C=O) groups is 1. The number of halogens is 2. The summed E-state index contributed by atoms with van der Waals surface area (Å²) in [6, 6.07) is 1.90. The molecule has 0 spiro atoms. The maximum absolute atomic E-state index is 13.3. The fourth-order valence-corrected chi connectivity index (χ4v) is 4.65. The number of nitrogens with zero attached hydrogens (tertiary/aromatic N) is 3. The Morgan fingerprint density at radius 3 is 2.36 bits per heavy atom. The molecule has 1 aromatic rings. The quantitative estimate of drug-likeness (QED) is 0.748. The third-order valence-corrected chi connectivity index (χ3v) is 6.20. The number of carbonyl (C=O) groups excluding carboxylic acids is 1. The minimum Gasteiger partial charge on any atom is -0.352 e. The number of hydrogen-bond donors (Lipinski definition) is 2. The summed E-state index contributed by atoms with van der Waals surface area (Å²) in [5.41, 5.74) is -0.607. The highest BCUT2D eigenvalue weighted by atomic mass is 35.5. The molecule has 8 heteroatoms. The molecule has 1 aromatic heterocycles. The van der Waals surface area contributed by atoms with Crippen LogP contribution in [0.25, 0.3) is 0 Å². The molecule has 2 unspecified atom stereocenters. The molecule has 2 N–H and O–H groups in total. The number of rotatable bonds is 5. The molecule has 0 aliphatic carbocycles. The zero-order valence-corrected chi connectivity index (χ0v) is 19.2. The van der Waals surface area contributed by atoms with Crippen LogP contribution in [-0.2, 0) is 10.3 Å². The van der Waals surface area contributed by atoms with Gasteiger partial charge in [0.2, 0.25) is 5.91 Å². The first kappa shape index (κ1) is 25.2. The van der Waals surface area contributed by atoms with Crippen molar-refractivity contribution in [1.29, 1.82) is 0 Å². The van der Waals surface area contributed by atoms with Gasteiger partial charge in [0.1, 0.15) is 5.54 Å². The number of amides is 1. The average molecular weight is 434 g/mol. The van der Waals surface area contributed by atoms with Crippen LogP contribution in [0.5, 0.6) is 0 Å². The Morgan fingerprint density at radius 2 is 1.82 bits per heavy atom. The standard InChI is InChI=1S/C20H35N5O.2ClH/c1-16-12-17(2)14-24(13-16)19(3,4)15-22-18(26)20(6-9-21-10-7-20)25-11-5-8-23-25;;/h5,8,11,16-17,21H,6-7,9-10,12-15H2,1-4H3,(H,22,26);2*1H. The van der Waals surface area contributed by atoms with Crippen LogP contribution in [0.15, 0.2) is 18.5 Å². The highest BCUT2D eigenvalue weighted by Gasteiger charge is 2.43. The van der Waals surface area contributed by atoms with Crippen molar-refractivity contribution in [3.05, 3.63) is 18.5 Å². The van der Waals surface area contributed by atoms with Gasteiger partial charge in [0.25, 0.3) is 0 Å². The second-order valence-electron chi connectivity index (χ2n) is 9.08. The zero-order chi connectivity index (χ0) is 18.8. The summed E-state index contributed by atoms with van der Waals surface area (Å²) in [4.78, 5) is 15.8. The lowest BCUT2D eigenvalue weighted by Crippen LogP contribution is -2.60. The molecule has 0 aromatic carbocycles. The Balaban J connectivity index is 0.00000196. The fraction of sp³-hybridized carbons (Fsp3) is 0.800. The summed E-state index contributed by atoms with van der Waals surface area (Å²) in [5.74, 6) is 1.54. The van der Waals surface area contributed by atoms with Gasteiger partial charge < -0.3 is 10.6 Å². The van der Waals surface area contributed by atoms with E-state index < -0.39 is 5.54 Å². The van der Waals surface area contributed by atoms with Gasteiger partial charge in [-0.2, -0.15) is 5.10 Å². The normalized spacial score (nSPS) is 25.3. The Morgan fingerprint density at radius 1 is 1.21 bits per heavy atom. The topological polar surface area (TPSA) is 62.2 Å². The van der Waals surface area contributed by atoms with Gasteiger partial charge in [-0.05, 0) is 64.1 Å². The van der Waals surface area contributed by atoms with Crippen molar-refractivity contribution in [2.45, 2.75) is 58.0 Å². The maximum atomic E-state index is 13.3. The third kappa shape index (κ3) is 5.41. The Kier molecular flexibility index (Phi) is 9.26. The summed E-state index contributed by atoms with van der Waals surface area (Å²) < 4.78 is 1.86. The first-order valence-corrected chi connectivity index (χ1v) is 10.1. The number of hydrogen-bond acceptors (Lipinski definition) is 4. The largest absolute Gasteiger partial charge is 0.352 e. The van der Waals surface area contributed by atoms with Crippen LogP contribution < -0.4 is 10.6 Å². The molecule has 162 valence electrons. The van der Waals surface area contributed by atoms with Gasteiger partial charge in [-0.3, -0.25) is 14.4 Å². The van der Waals surface area contributed by atoms with Gasteiger partial charge in [-0.25, -0.2) is 0 Å². The molecule has 0 radical (unpaired) electrons. The molecule has 2 aliphatic heterocycles. The van der Waals surface area contributed by atoms with Crippen LogP contribution in [-0.4, -0.2) is 58.9 Å². The predicted octanol–water partition coefficient (Wildman–Crippen LogP) is 2.68. The van der Waals surface area contributed by atoms with Gasteiger partial charge >= 0.3 is 0 Å². The van der Waals surface area contributed by atoms with Gasteiger partial charge in [-0.1, -0.05) is 13.8 Å². The summed E-state index contributed by atoms with van der Waals surface area (Å²) in [6.45, 7) is 13.8. The molecule has 2 aliphatic rings. The summed E-state index contributed by atoms with van der Waals surface area (Å²) >= 11 is 0. The minimum atomic E-state index is -0.562. The summed E-state index contributed by atoms with van der Waals surface area (Å²) in [7, 11) is 0. The number of nitrogens with one attached hydrogen (secondary N) is 2. The molecule has 2 fully saturated rings. The Labute approximate surface area is 182 Å². The van der Waals surface area contributed by atoms with Crippen molar-refractivity contribution < 1.29 is 4.79 Å². The predicted molar refractivity (Wildman–Crippen MR) is 118 cm³/mol. The number of likely N-dealkylation sites (tertiary alicyclic amines) is 1. The molecular weight excluding hydrogens is 397 g/mol. The lowest BCUT2D eigenvalue weighted by Gasteiger charge is -2.46. The van der Waals surface area contributed by atoms with E-state index in [-0.39, 0.29) is 36.3 Å². The van der Waals surface area contributed by atoms with Gasteiger partial charge in [0, 0.05) is 37.6 Å². The molecule has 6 nitrogen and oxygen atoms in total. The average Bonchev–Trinajstić information content (AvgIpc) is 3.14. The molecule has 2 atom stereocenters. The van der Waals surface area contributed by atoms with Crippen molar-refractivity contribution in [2.24, 2.45) is 11.8 Å². The smallest absolute Gasteiger partial charge is 0.248 e. The van der Waals surface area contributed by atoms with Gasteiger partial charge in [0.15, 0.2) is 0 Å². The van der Waals surface area contributed by atoms with Crippen molar-refractivity contribution in [3.8, 4) is 0 Å². The molecule has 3 heterocycles. The number of aromatic nitrogens is 2. The molecule has 3 rings (SSSR count). The van der Waals surface area contributed by atoms with E-state index in [1.165, 1.54) is 6.42 Å². The van der Waals surface area contributed by atoms with Crippen molar-refractivity contribution in [1.82, 2.24) is 25.3 Å². The van der Waals surface area contributed by atoms with E-state index in [4.69, 9.17) is 0 Å². The molecule has 0 bridgehead atoms. The van der Waals surface area contributed by atoms with E-state index in [9.17, 15) is 4.79 Å². The van der Waals surface area contributed by atoms with Crippen LogP contribution in [0.3, 0.4) is 0 Å². The van der Waals surface area contributed by atoms with E-state index in [2.05, 4.69) is 48.3 Å². The first-order chi connectivity index (χ1) is 12.3. The monoisotopic (exact) mass is 433 g/mol. The van der Waals surface area contributed by atoms with E-state index in [0.29, 0.717) is 18.4 Å². The maximum Gasteiger partial charge on any atom is 0.248 e. The minimum absolute atomic E-state index is 0. The van der Waals surface area contributed by atoms with Crippen LogP contribution in [0, 0.1) is 11.8 Å². The fourth-order valence-electron chi connectivity index (χ4n) is 4.65. The SMILES string of the molecule is CC1CC(C)CN(C(C)(C)CNC(=O)C2(n3cccn3)CCNCC2)C1.Cl.Cl. The first-order valence-electron chi connectivity index (χ1n) is 10.1. The number of piperidine rings is 2. The zero-order valence-electron chi connectivity index (χ0n) is 17.6. The third-order valence-electron chi connectivity index (χ3n) is 6.20. The van der Waals surface area contributed by atoms with Crippen LogP contribution in [0.2, 0.25) is 0 Å². The lowest BCUT2D eigenvalue weighted by atomic mass is 9.86. The van der Waals surface area contributed by atoms with Crippen LogP contribution in [0.4, 0.5) is 0 Å². The van der Waals surface area contributed by atoms with Gasteiger partial charge in [-0.15, -0.1) is 24.8 Å². The van der Waals surface area contributed by atoms with E-state index >= 15 is 0 Å². The Hall–Kier alpha value is -0.820. The van der Waals surface area contributed by atoms with E-state index in [1.807, 2.05) is 16.9 Å². The molecule has 2 saturated heterocycles. The molecular formula is C20H37Cl2N5O. The van der Waals surface area contributed by atoms with E-state index in [0.717, 1.165) is 39.0 Å². The highest BCUT2D eigenvalue weighted by Crippen LogP contribution is 2.29. The Bertz CT molecular complexity index is 592. The van der Waals surface area contributed by atoms with Crippen LogP contribution in [0.1, 0.15) is 47.0 Å². The summed E-state index contributed by atoms with van der Waals surface area (Å²) in [5, 5.41) is 11.0. The second kappa shape index (κ2) is 10.3. The van der Waals surface area contributed by atoms with Crippen molar-refractivity contribution in [3.63, 3.8) is 0 Å². The van der Waals surface area contributed by atoms with Crippen molar-refractivity contribution in [2.75, 3.05) is 32.7 Å². The molecule has 28 heavy (non-hydrogen) atoms.